The molecular weight excluding hydrogens is 362 g/mol. The quantitative estimate of drug-likeness (QED) is 0.579. The number of aromatic nitrogens is 1. The average molecular weight is 389 g/mol. The van der Waals surface area contributed by atoms with Gasteiger partial charge in [0.1, 0.15) is 11.6 Å². The summed E-state index contributed by atoms with van der Waals surface area (Å²) in [6.07, 6.45) is 1.62. The minimum Gasteiger partial charge on any atom is -0.492 e. The number of hydrogen-bond donors (Lipinski definition) is 1. The summed E-state index contributed by atoms with van der Waals surface area (Å²) in [6, 6.07) is 21.7. The van der Waals surface area contributed by atoms with Crippen LogP contribution in [0, 0.1) is 0 Å². The molecule has 0 fully saturated rings. The number of carbonyl (C=O) groups excluding carboxylic acids is 1. The van der Waals surface area contributed by atoms with Gasteiger partial charge in [-0.3, -0.25) is 4.79 Å². The largest absolute Gasteiger partial charge is 0.492 e. The molecule has 1 N–H and O–H groups in total. The molecule has 1 heterocycles. The first-order chi connectivity index (χ1) is 14.1. The fraction of sp³-hybridized carbons (Fsp3) is 0.250. The standard InChI is InChI=1S/C24H27N3O2/c1-4-29-22-13-9-8-12-21(22)26-24(28)20-14-15-23(25-16-20)27(18(2)3)17-19-10-6-5-7-11-19/h5-16,18H,4,17H2,1-3H3,(H,26,28). The Hall–Kier alpha value is -3.34. The Morgan fingerprint density at radius 1 is 1.03 bits per heavy atom. The van der Waals surface area contributed by atoms with Gasteiger partial charge in [-0.05, 0) is 50.6 Å². The molecule has 1 amide bonds. The Labute approximate surface area is 172 Å². The molecule has 0 aliphatic heterocycles. The summed E-state index contributed by atoms with van der Waals surface area (Å²) in [4.78, 5) is 19.4. The Morgan fingerprint density at radius 3 is 2.41 bits per heavy atom. The summed E-state index contributed by atoms with van der Waals surface area (Å²) in [5.74, 6) is 1.28. The van der Waals surface area contributed by atoms with E-state index in [0.29, 0.717) is 23.6 Å². The number of pyridine rings is 1. The Kier molecular flexibility index (Phi) is 6.85. The summed E-state index contributed by atoms with van der Waals surface area (Å²) in [5, 5.41) is 2.91. The molecule has 0 radical (unpaired) electrons. The highest BCUT2D eigenvalue weighted by atomic mass is 16.5. The molecular formula is C24H27N3O2. The second-order valence-corrected chi connectivity index (χ2v) is 7.00. The third kappa shape index (κ3) is 5.35. The van der Waals surface area contributed by atoms with E-state index in [4.69, 9.17) is 4.74 Å². The minimum atomic E-state index is -0.213. The first-order valence-electron chi connectivity index (χ1n) is 9.88. The van der Waals surface area contributed by atoms with Crippen molar-refractivity contribution in [2.75, 3.05) is 16.8 Å². The van der Waals surface area contributed by atoms with Gasteiger partial charge >= 0.3 is 0 Å². The van der Waals surface area contributed by atoms with E-state index in [9.17, 15) is 4.79 Å². The number of carbonyl (C=O) groups is 1. The number of hydrogen-bond acceptors (Lipinski definition) is 4. The Bertz CT molecular complexity index is 924. The van der Waals surface area contributed by atoms with Gasteiger partial charge in [-0.25, -0.2) is 4.98 Å². The van der Waals surface area contributed by atoms with Crippen LogP contribution >= 0.6 is 0 Å². The zero-order valence-corrected chi connectivity index (χ0v) is 17.1. The van der Waals surface area contributed by atoms with Gasteiger partial charge < -0.3 is 15.0 Å². The molecule has 5 nitrogen and oxygen atoms in total. The van der Waals surface area contributed by atoms with Crippen molar-refractivity contribution in [2.45, 2.75) is 33.4 Å². The highest BCUT2D eigenvalue weighted by Gasteiger charge is 2.15. The number of rotatable bonds is 8. The molecule has 2 aromatic carbocycles. The molecule has 0 saturated carbocycles. The normalized spacial score (nSPS) is 10.6. The van der Waals surface area contributed by atoms with E-state index in [2.05, 4.69) is 41.2 Å². The van der Waals surface area contributed by atoms with Crippen LogP contribution in [-0.4, -0.2) is 23.5 Å². The fourth-order valence-electron chi connectivity index (χ4n) is 3.04. The van der Waals surface area contributed by atoms with Crippen LogP contribution in [0.5, 0.6) is 5.75 Å². The lowest BCUT2D eigenvalue weighted by Gasteiger charge is -2.28. The lowest BCUT2D eigenvalue weighted by Crippen LogP contribution is -2.31. The van der Waals surface area contributed by atoms with E-state index in [1.54, 1.807) is 12.3 Å². The first kappa shape index (κ1) is 20.4. The SMILES string of the molecule is CCOc1ccccc1NC(=O)c1ccc(N(Cc2ccccc2)C(C)C)nc1. The minimum absolute atomic E-state index is 0.213. The van der Waals surface area contributed by atoms with Gasteiger partial charge in [0.2, 0.25) is 0 Å². The Morgan fingerprint density at radius 2 is 1.76 bits per heavy atom. The van der Waals surface area contributed by atoms with Crippen LogP contribution in [-0.2, 0) is 6.54 Å². The summed E-state index contributed by atoms with van der Waals surface area (Å²) in [5.41, 5.74) is 2.37. The van der Waals surface area contributed by atoms with Crippen molar-refractivity contribution in [1.29, 1.82) is 0 Å². The van der Waals surface area contributed by atoms with Gasteiger partial charge in [-0.2, -0.15) is 0 Å². The molecule has 29 heavy (non-hydrogen) atoms. The monoisotopic (exact) mass is 389 g/mol. The van der Waals surface area contributed by atoms with E-state index < -0.39 is 0 Å². The number of benzene rings is 2. The van der Waals surface area contributed by atoms with Crippen LogP contribution in [0.4, 0.5) is 11.5 Å². The second kappa shape index (κ2) is 9.73. The molecule has 3 aromatic rings. The number of ether oxygens (including phenoxy) is 1. The molecule has 0 saturated heterocycles. The lowest BCUT2D eigenvalue weighted by atomic mass is 10.2. The fourth-order valence-corrected chi connectivity index (χ4v) is 3.04. The predicted molar refractivity (Wildman–Crippen MR) is 118 cm³/mol. The van der Waals surface area contributed by atoms with Crippen molar-refractivity contribution < 1.29 is 9.53 Å². The molecule has 0 aliphatic carbocycles. The summed E-state index contributed by atoms with van der Waals surface area (Å²) < 4.78 is 5.57. The van der Waals surface area contributed by atoms with Gasteiger partial charge in [-0.1, -0.05) is 42.5 Å². The van der Waals surface area contributed by atoms with Crippen LogP contribution in [0.25, 0.3) is 0 Å². The molecule has 3 rings (SSSR count). The van der Waals surface area contributed by atoms with E-state index in [0.717, 1.165) is 12.4 Å². The lowest BCUT2D eigenvalue weighted by molar-refractivity contribution is 0.102. The second-order valence-electron chi connectivity index (χ2n) is 7.00. The van der Waals surface area contributed by atoms with Crippen LogP contribution in [0.3, 0.4) is 0 Å². The highest BCUT2D eigenvalue weighted by molar-refractivity contribution is 6.04. The van der Waals surface area contributed by atoms with Crippen LogP contribution < -0.4 is 15.0 Å². The molecule has 1 aromatic heterocycles. The highest BCUT2D eigenvalue weighted by Crippen LogP contribution is 2.24. The first-order valence-corrected chi connectivity index (χ1v) is 9.88. The molecule has 0 unspecified atom stereocenters. The maximum absolute atomic E-state index is 12.7. The molecule has 0 aliphatic rings. The summed E-state index contributed by atoms with van der Waals surface area (Å²) in [6.45, 7) is 7.48. The van der Waals surface area contributed by atoms with Crippen molar-refractivity contribution in [3.63, 3.8) is 0 Å². The van der Waals surface area contributed by atoms with Crippen molar-refractivity contribution >= 4 is 17.4 Å². The van der Waals surface area contributed by atoms with E-state index in [1.807, 2.05) is 55.5 Å². The van der Waals surface area contributed by atoms with Crippen molar-refractivity contribution in [2.24, 2.45) is 0 Å². The van der Waals surface area contributed by atoms with E-state index in [1.165, 1.54) is 5.56 Å². The number of anilines is 2. The summed E-state index contributed by atoms with van der Waals surface area (Å²) >= 11 is 0. The smallest absolute Gasteiger partial charge is 0.257 e. The van der Waals surface area contributed by atoms with Gasteiger partial charge in [0.05, 0.1) is 17.9 Å². The van der Waals surface area contributed by atoms with Gasteiger partial charge in [0.25, 0.3) is 5.91 Å². The zero-order valence-electron chi connectivity index (χ0n) is 17.1. The van der Waals surface area contributed by atoms with Crippen LogP contribution in [0.15, 0.2) is 72.9 Å². The number of nitrogens with one attached hydrogen (secondary N) is 1. The predicted octanol–water partition coefficient (Wildman–Crippen LogP) is 5.15. The van der Waals surface area contributed by atoms with E-state index >= 15 is 0 Å². The van der Waals surface area contributed by atoms with Gasteiger partial charge in [-0.15, -0.1) is 0 Å². The third-order valence-corrected chi connectivity index (χ3v) is 4.56. The van der Waals surface area contributed by atoms with Crippen LogP contribution in [0.1, 0.15) is 36.7 Å². The van der Waals surface area contributed by atoms with Crippen molar-refractivity contribution in [3.8, 4) is 5.75 Å². The van der Waals surface area contributed by atoms with Gasteiger partial charge in [0.15, 0.2) is 0 Å². The number of para-hydroxylation sites is 2. The number of amides is 1. The molecule has 150 valence electrons. The van der Waals surface area contributed by atoms with Crippen molar-refractivity contribution in [3.05, 3.63) is 84.1 Å². The topological polar surface area (TPSA) is 54.5 Å². The van der Waals surface area contributed by atoms with Crippen LogP contribution in [0.2, 0.25) is 0 Å². The van der Waals surface area contributed by atoms with Crippen molar-refractivity contribution in [1.82, 2.24) is 4.98 Å². The van der Waals surface area contributed by atoms with E-state index in [-0.39, 0.29) is 11.9 Å². The number of nitrogens with zero attached hydrogens (tertiary/aromatic N) is 2. The molecule has 5 heteroatoms. The zero-order chi connectivity index (χ0) is 20.6. The Balaban J connectivity index is 1.74. The maximum Gasteiger partial charge on any atom is 0.257 e. The average Bonchev–Trinajstić information content (AvgIpc) is 2.74. The summed E-state index contributed by atoms with van der Waals surface area (Å²) in [7, 11) is 0. The molecule has 0 spiro atoms. The third-order valence-electron chi connectivity index (χ3n) is 4.56. The maximum atomic E-state index is 12.7. The molecule has 0 bridgehead atoms. The molecule has 0 atom stereocenters. The van der Waals surface area contributed by atoms with Gasteiger partial charge in [0, 0.05) is 18.8 Å².